The SMILES string of the molecule is O=C(O)C1CCC(C(=O)OCCCC(F)(F)C(F)(F)[SH](=O)=O)CC1. The Morgan fingerprint density at radius 3 is 2.00 bits per heavy atom. The number of aliphatic carboxylic acids is 1. The van der Waals surface area contributed by atoms with Crippen LogP contribution in [0.3, 0.4) is 0 Å². The van der Waals surface area contributed by atoms with E-state index in [1.165, 1.54) is 0 Å². The summed E-state index contributed by atoms with van der Waals surface area (Å²) in [5, 5.41) is 3.67. The molecule has 0 spiro atoms. The van der Waals surface area contributed by atoms with Crippen LogP contribution in [0.4, 0.5) is 17.6 Å². The smallest absolute Gasteiger partial charge is 0.404 e. The molecular formula is C13H18F4O6S. The van der Waals surface area contributed by atoms with E-state index in [0.717, 1.165) is 0 Å². The first-order valence-electron chi connectivity index (χ1n) is 7.28. The fraction of sp³-hybridized carbons (Fsp3) is 0.846. The minimum absolute atomic E-state index is 0.292. The van der Waals surface area contributed by atoms with Gasteiger partial charge in [0.2, 0.25) is 10.7 Å². The lowest BCUT2D eigenvalue weighted by Gasteiger charge is -2.25. The second-order valence-electron chi connectivity index (χ2n) is 5.66. The van der Waals surface area contributed by atoms with Crippen LogP contribution < -0.4 is 0 Å². The third-order valence-corrected chi connectivity index (χ3v) is 4.74. The van der Waals surface area contributed by atoms with Crippen molar-refractivity contribution in [3.63, 3.8) is 0 Å². The van der Waals surface area contributed by atoms with Crippen LogP contribution in [0.25, 0.3) is 0 Å². The Kier molecular flexibility index (Phi) is 6.99. The molecule has 11 heteroatoms. The topological polar surface area (TPSA) is 97.7 Å². The van der Waals surface area contributed by atoms with Gasteiger partial charge in [-0.15, -0.1) is 0 Å². The molecule has 1 aliphatic rings. The first-order chi connectivity index (χ1) is 11.0. The molecular weight excluding hydrogens is 360 g/mol. The molecule has 24 heavy (non-hydrogen) atoms. The Morgan fingerprint density at radius 1 is 1.04 bits per heavy atom. The van der Waals surface area contributed by atoms with Crippen molar-refractivity contribution in [3.05, 3.63) is 0 Å². The Bertz CT molecular complexity index is 533. The van der Waals surface area contributed by atoms with E-state index in [9.17, 15) is 35.6 Å². The minimum Gasteiger partial charge on any atom is -0.481 e. The quantitative estimate of drug-likeness (QED) is 0.290. The van der Waals surface area contributed by atoms with Gasteiger partial charge in [0.25, 0.3) is 0 Å². The number of carboxylic acids is 1. The van der Waals surface area contributed by atoms with E-state index in [-0.39, 0.29) is 0 Å². The lowest BCUT2D eigenvalue weighted by molar-refractivity contribution is -0.164. The summed E-state index contributed by atoms with van der Waals surface area (Å²) in [4.78, 5) is 22.5. The van der Waals surface area contributed by atoms with Gasteiger partial charge in [-0.25, -0.2) is 8.42 Å². The Morgan fingerprint density at radius 2 is 1.54 bits per heavy atom. The zero-order valence-corrected chi connectivity index (χ0v) is 13.4. The van der Waals surface area contributed by atoms with Crippen LogP contribution in [-0.4, -0.2) is 43.2 Å². The predicted molar refractivity (Wildman–Crippen MR) is 73.5 cm³/mol. The van der Waals surface area contributed by atoms with Gasteiger partial charge in [-0.3, -0.25) is 9.59 Å². The van der Waals surface area contributed by atoms with E-state index >= 15 is 0 Å². The van der Waals surface area contributed by atoms with Gasteiger partial charge in [-0.2, -0.15) is 17.6 Å². The van der Waals surface area contributed by atoms with Crippen molar-refractivity contribution >= 4 is 22.6 Å². The molecule has 0 bridgehead atoms. The molecule has 1 fully saturated rings. The van der Waals surface area contributed by atoms with E-state index in [4.69, 9.17) is 9.84 Å². The van der Waals surface area contributed by atoms with Gasteiger partial charge >= 0.3 is 23.1 Å². The molecule has 140 valence electrons. The molecule has 0 aliphatic heterocycles. The number of ether oxygens (including phenoxy) is 1. The molecule has 0 atom stereocenters. The van der Waals surface area contributed by atoms with Crippen molar-refractivity contribution in [1.29, 1.82) is 0 Å². The molecule has 1 aliphatic carbocycles. The Labute approximate surface area is 137 Å². The number of carbonyl (C=O) groups is 2. The van der Waals surface area contributed by atoms with E-state index in [1.807, 2.05) is 0 Å². The average molecular weight is 378 g/mol. The van der Waals surface area contributed by atoms with Crippen molar-refractivity contribution in [2.45, 2.75) is 49.7 Å². The van der Waals surface area contributed by atoms with Gasteiger partial charge in [-0.05, 0) is 32.1 Å². The third-order valence-electron chi connectivity index (χ3n) is 3.96. The summed E-state index contributed by atoms with van der Waals surface area (Å²) in [5.41, 5.74) is 0. The maximum atomic E-state index is 13.1. The molecule has 0 heterocycles. The molecule has 0 aromatic carbocycles. The fourth-order valence-corrected chi connectivity index (χ4v) is 2.82. The number of esters is 1. The second-order valence-corrected chi connectivity index (χ2v) is 6.74. The molecule has 0 saturated heterocycles. The van der Waals surface area contributed by atoms with Crippen LogP contribution in [0.1, 0.15) is 38.5 Å². The normalized spacial score (nSPS) is 22.4. The number of hydrogen-bond acceptors (Lipinski definition) is 5. The molecule has 0 aromatic heterocycles. The van der Waals surface area contributed by atoms with Crippen LogP contribution in [0.2, 0.25) is 0 Å². The monoisotopic (exact) mass is 378 g/mol. The number of hydrogen-bond donors (Lipinski definition) is 2. The lowest BCUT2D eigenvalue weighted by atomic mass is 9.82. The van der Waals surface area contributed by atoms with E-state index in [0.29, 0.717) is 25.7 Å². The van der Waals surface area contributed by atoms with Crippen LogP contribution >= 0.6 is 0 Å². The molecule has 0 aromatic rings. The highest BCUT2D eigenvalue weighted by atomic mass is 32.2. The summed E-state index contributed by atoms with van der Waals surface area (Å²) < 4.78 is 76.9. The summed E-state index contributed by atoms with van der Waals surface area (Å²) in [7, 11) is -4.62. The number of carboxylic acid groups (broad SMARTS) is 1. The van der Waals surface area contributed by atoms with Crippen molar-refractivity contribution < 1.29 is 45.4 Å². The van der Waals surface area contributed by atoms with Crippen molar-refractivity contribution in [2.75, 3.05) is 6.61 Å². The third kappa shape index (κ3) is 5.05. The molecule has 1 saturated carbocycles. The van der Waals surface area contributed by atoms with Gasteiger partial charge in [0.15, 0.2) is 0 Å². The molecule has 6 nitrogen and oxygen atoms in total. The van der Waals surface area contributed by atoms with Crippen LogP contribution in [-0.2, 0) is 25.0 Å². The first kappa shape index (κ1) is 20.7. The standard InChI is InChI=1S/C13H18F4O6S/c14-12(15,13(16,17)24(21)22)6-1-7-23-11(20)9-4-2-8(3-5-9)10(18)19/h8-9,24H,1-7H2,(H,18,19). The number of thiol groups is 1. The summed E-state index contributed by atoms with van der Waals surface area (Å²) in [6.07, 6.45) is -0.877. The summed E-state index contributed by atoms with van der Waals surface area (Å²) in [6.45, 7) is -0.543. The highest BCUT2D eigenvalue weighted by Crippen LogP contribution is 2.38. The second kappa shape index (κ2) is 8.13. The number of carbonyl (C=O) groups excluding carboxylic acids is 1. The molecule has 1 rings (SSSR count). The van der Waals surface area contributed by atoms with E-state index in [2.05, 4.69) is 0 Å². The average Bonchev–Trinajstić information content (AvgIpc) is 2.51. The van der Waals surface area contributed by atoms with Gasteiger partial charge in [-0.1, -0.05) is 0 Å². The highest BCUT2D eigenvalue weighted by Gasteiger charge is 2.58. The van der Waals surface area contributed by atoms with Crippen molar-refractivity contribution in [2.24, 2.45) is 11.8 Å². The van der Waals surface area contributed by atoms with Gasteiger partial charge in [0.1, 0.15) is 0 Å². The fourth-order valence-electron chi connectivity index (χ4n) is 2.44. The largest absolute Gasteiger partial charge is 0.481 e. The zero-order chi connectivity index (χ0) is 18.5. The van der Waals surface area contributed by atoms with E-state index in [1.54, 1.807) is 0 Å². The highest BCUT2D eigenvalue weighted by molar-refractivity contribution is 7.73. The van der Waals surface area contributed by atoms with Crippen LogP contribution in [0.5, 0.6) is 0 Å². The summed E-state index contributed by atoms with van der Waals surface area (Å²) in [5.74, 6) is -7.44. The number of rotatable bonds is 8. The number of alkyl halides is 4. The van der Waals surface area contributed by atoms with Crippen molar-refractivity contribution in [3.8, 4) is 0 Å². The maximum absolute atomic E-state index is 13.1. The first-order valence-corrected chi connectivity index (χ1v) is 8.46. The minimum atomic E-state index is -5.15. The van der Waals surface area contributed by atoms with Gasteiger partial charge < -0.3 is 9.84 Å². The molecule has 0 unspecified atom stereocenters. The molecule has 0 radical (unpaired) electrons. The van der Waals surface area contributed by atoms with Crippen molar-refractivity contribution in [1.82, 2.24) is 0 Å². The Hall–Kier alpha value is -1.39. The Balaban J connectivity index is 2.35. The number of halogens is 4. The maximum Gasteiger partial charge on any atom is 0.404 e. The molecule has 0 amide bonds. The van der Waals surface area contributed by atoms with E-state index < -0.39 is 65.1 Å². The van der Waals surface area contributed by atoms with Gasteiger partial charge in [0, 0.05) is 6.42 Å². The lowest BCUT2D eigenvalue weighted by Crippen LogP contribution is -2.41. The predicted octanol–water partition coefficient (Wildman–Crippen LogP) is 2.04. The molecule has 1 N–H and O–H groups in total. The van der Waals surface area contributed by atoms with Gasteiger partial charge in [0.05, 0.1) is 18.4 Å². The summed E-state index contributed by atoms with van der Waals surface area (Å²) >= 11 is 0. The van der Waals surface area contributed by atoms with Crippen LogP contribution in [0, 0.1) is 11.8 Å². The van der Waals surface area contributed by atoms with Crippen LogP contribution in [0.15, 0.2) is 0 Å². The zero-order valence-electron chi connectivity index (χ0n) is 12.6. The summed E-state index contributed by atoms with van der Waals surface area (Å²) in [6, 6.07) is 0.